The summed E-state index contributed by atoms with van der Waals surface area (Å²) in [5.41, 5.74) is 8.37. The van der Waals surface area contributed by atoms with Gasteiger partial charge in [0.25, 0.3) is 0 Å². The number of hydrogen-bond acceptors (Lipinski definition) is 6. The summed E-state index contributed by atoms with van der Waals surface area (Å²) in [7, 11) is 3.35. The number of nitrogens with zero attached hydrogens (tertiary/aromatic N) is 1. The summed E-state index contributed by atoms with van der Waals surface area (Å²) in [5.74, 6) is 6.04. The average Bonchev–Trinajstić information content (AvgIpc) is 3.08. The van der Waals surface area contributed by atoms with Crippen molar-refractivity contribution in [3.63, 3.8) is 0 Å². The molecule has 36 heavy (non-hydrogen) atoms. The fourth-order valence-electron chi connectivity index (χ4n) is 6.81. The van der Waals surface area contributed by atoms with Gasteiger partial charge in [0.2, 0.25) is 0 Å². The van der Waals surface area contributed by atoms with Crippen LogP contribution in [0.4, 0.5) is 5.69 Å². The van der Waals surface area contributed by atoms with Crippen molar-refractivity contribution in [2.75, 3.05) is 14.2 Å². The predicted octanol–water partition coefficient (Wildman–Crippen LogP) is 6.17. The Labute approximate surface area is 217 Å². The molecule has 1 aromatic carbocycles. The highest BCUT2D eigenvalue weighted by Gasteiger charge is 2.42. The minimum absolute atomic E-state index is 0.0686. The molecule has 2 saturated carbocycles. The molecule has 0 spiro atoms. The number of nitrogens with two attached hydrogens (primary N) is 1. The fraction of sp³-hybridized carbons (Fsp3) is 0.733. The molecule has 2 fully saturated rings. The van der Waals surface area contributed by atoms with E-state index in [-0.39, 0.29) is 11.5 Å². The Bertz CT molecular complexity index is 937. The first-order chi connectivity index (χ1) is 17.2. The van der Waals surface area contributed by atoms with Gasteiger partial charge in [-0.15, -0.1) is 0 Å². The van der Waals surface area contributed by atoms with E-state index in [4.69, 9.17) is 20.2 Å². The fourth-order valence-corrected chi connectivity index (χ4v) is 6.81. The monoisotopic (exact) mass is 497 g/mol. The topological polar surface area (TPSA) is 85.9 Å². The normalized spacial score (nSPS) is 26.0. The summed E-state index contributed by atoms with van der Waals surface area (Å²) in [6.45, 7) is 7.24. The van der Waals surface area contributed by atoms with Crippen molar-refractivity contribution in [3.05, 3.63) is 17.7 Å². The number of Topliss-reactive ketones (excluding diaryl/α,β-unsaturated/α-hetero) is 1. The quantitative estimate of drug-likeness (QED) is 0.382. The van der Waals surface area contributed by atoms with Gasteiger partial charge in [0, 0.05) is 37.4 Å². The molecular formula is C30H47N3O3. The van der Waals surface area contributed by atoms with Crippen molar-refractivity contribution in [1.29, 1.82) is 0 Å². The molecule has 4 rings (SSSR count). The zero-order valence-electron chi connectivity index (χ0n) is 23.1. The molecule has 3 N–H and O–H groups in total. The Balaban J connectivity index is 1.26. The second kappa shape index (κ2) is 11.5. The first-order valence-electron chi connectivity index (χ1n) is 14.0. The third-order valence-corrected chi connectivity index (χ3v) is 9.05. The Morgan fingerprint density at radius 3 is 2.50 bits per heavy atom. The summed E-state index contributed by atoms with van der Waals surface area (Å²) in [6, 6.07) is 4.11. The van der Waals surface area contributed by atoms with Crippen molar-refractivity contribution >= 4 is 17.3 Å². The van der Waals surface area contributed by atoms with Gasteiger partial charge in [-0.1, -0.05) is 26.8 Å². The van der Waals surface area contributed by atoms with E-state index in [1.54, 1.807) is 14.2 Å². The van der Waals surface area contributed by atoms with Gasteiger partial charge in [-0.25, -0.2) is 4.99 Å². The van der Waals surface area contributed by atoms with Crippen LogP contribution >= 0.6 is 0 Å². The van der Waals surface area contributed by atoms with Crippen LogP contribution in [0.2, 0.25) is 0 Å². The number of ketones is 1. The molecule has 200 valence electrons. The molecule has 1 aliphatic heterocycles. The van der Waals surface area contributed by atoms with Gasteiger partial charge in [-0.2, -0.15) is 0 Å². The van der Waals surface area contributed by atoms with Crippen molar-refractivity contribution in [2.45, 2.75) is 97.6 Å². The lowest BCUT2D eigenvalue weighted by Crippen LogP contribution is -2.35. The van der Waals surface area contributed by atoms with E-state index in [1.807, 2.05) is 6.07 Å². The van der Waals surface area contributed by atoms with Crippen molar-refractivity contribution in [2.24, 2.45) is 39.8 Å². The number of carbonyl (C=O) groups is 1. The minimum atomic E-state index is 0.0686. The Morgan fingerprint density at radius 2 is 1.86 bits per heavy atom. The molecule has 0 amide bonds. The van der Waals surface area contributed by atoms with Crippen molar-refractivity contribution in [1.82, 2.24) is 5.32 Å². The molecule has 1 heterocycles. The molecule has 0 radical (unpaired) electrons. The third-order valence-electron chi connectivity index (χ3n) is 9.05. The van der Waals surface area contributed by atoms with Gasteiger partial charge in [0.15, 0.2) is 11.5 Å². The van der Waals surface area contributed by atoms with Crippen molar-refractivity contribution in [3.8, 4) is 11.5 Å². The Morgan fingerprint density at radius 1 is 1.14 bits per heavy atom. The molecule has 0 saturated heterocycles. The van der Waals surface area contributed by atoms with Gasteiger partial charge in [-0.3, -0.25) is 4.79 Å². The van der Waals surface area contributed by atoms with Gasteiger partial charge in [0.1, 0.15) is 17.3 Å². The molecular weight excluding hydrogens is 450 g/mol. The molecule has 1 aromatic rings. The highest BCUT2D eigenvalue weighted by Crippen LogP contribution is 2.52. The minimum Gasteiger partial charge on any atom is -0.493 e. The van der Waals surface area contributed by atoms with Crippen LogP contribution in [-0.2, 0) is 11.3 Å². The largest absolute Gasteiger partial charge is 0.493 e. The smallest absolute Gasteiger partial charge is 0.186 e. The zero-order chi connectivity index (χ0) is 25.9. The second-order valence-corrected chi connectivity index (χ2v) is 12.5. The molecule has 0 aromatic heterocycles. The van der Waals surface area contributed by atoms with Crippen LogP contribution in [0.1, 0.15) is 90.5 Å². The molecule has 1 unspecified atom stereocenters. The number of carbonyl (C=O) groups excluding carboxylic acids is 1. The lowest BCUT2D eigenvalue weighted by Gasteiger charge is -2.36. The number of methoxy groups -OCH3 is 2. The summed E-state index contributed by atoms with van der Waals surface area (Å²) >= 11 is 0. The first kappa shape index (κ1) is 27.0. The van der Waals surface area contributed by atoms with Crippen LogP contribution in [0.25, 0.3) is 0 Å². The van der Waals surface area contributed by atoms with Gasteiger partial charge >= 0.3 is 0 Å². The third kappa shape index (κ3) is 6.24. The van der Waals surface area contributed by atoms with Gasteiger partial charge in [-0.05, 0) is 80.1 Å². The van der Waals surface area contributed by atoms with Crippen LogP contribution in [0.5, 0.6) is 11.5 Å². The van der Waals surface area contributed by atoms with Gasteiger partial charge in [0.05, 0.1) is 14.2 Å². The maximum Gasteiger partial charge on any atom is 0.186 e. The average molecular weight is 498 g/mol. The highest BCUT2D eigenvalue weighted by molar-refractivity contribution is 5.89. The second-order valence-electron chi connectivity index (χ2n) is 12.5. The predicted molar refractivity (Wildman–Crippen MR) is 146 cm³/mol. The van der Waals surface area contributed by atoms with E-state index < -0.39 is 0 Å². The molecule has 2 bridgehead atoms. The van der Waals surface area contributed by atoms with E-state index in [0.717, 1.165) is 78.6 Å². The standard InChI is InChI=1S/C30H47N3O3/c1-30(2,3)26(31)14-12-23(34)7-6-8-24-20-9-10-21(24)16-19(15-20)17-27-32-18-22-11-13-25(35-4)29(36-5)28(22)33-27/h11,13,19-21,24,26H,6-10,12,14-18,31H2,1-5H3,(H,32,33)/t19-,20-,21+,24-,26?. The highest BCUT2D eigenvalue weighted by atomic mass is 16.5. The lowest BCUT2D eigenvalue weighted by atomic mass is 9.70. The molecule has 2 aliphatic carbocycles. The van der Waals surface area contributed by atoms with E-state index in [1.165, 1.54) is 32.1 Å². The number of fused-ring (bicyclic) bond motifs is 3. The van der Waals surface area contributed by atoms with Gasteiger partial charge < -0.3 is 20.5 Å². The zero-order valence-corrected chi connectivity index (χ0v) is 23.1. The van der Waals surface area contributed by atoms with Crippen LogP contribution in [0.3, 0.4) is 0 Å². The number of nitrogens with one attached hydrogen (secondary N) is 1. The van der Waals surface area contributed by atoms with E-state index in [9.17, 15) is 4.79 Å². The molecule has 5 atom stereocenters. The van der Waals surface area contributed by atoms with Crippen molar-refractivity contribution < 1.29 is 14.3 Å². The summed E-state index contributed by atoms with van der Waals surface area (Å²) in [4.78, 5) is 17.4. The van der Waals surface area contributed by atoms with Crippen LogP contribution in [0.15, 0.2) is 17.1 Å². The SMILES string of the molecule is COc1ccc2c(c1OC)N=C(C[C@@H]1C[C@H]3CC[C@@H](C1)[C@@H]3CCCC(=O)CCC(N)C(C)(C)C)NC2. The van der Waals surface area contributed by atoms with Crippen LogP contribution < -0.4 is 20.5 Å². The molecule has 6 nitrogen and oxygen atoms in total. The van der Waals surface area contributed by atoms with E-state index in [0.29, 0.717) is 18.1 Å². The first-order valence-corrected chi connectivity index (χ1v) is 14.0. The number of ether oxygens (including phenoxy) is 2. The molecule has 3 aliphatic rings. The van der Waals surface area contributed by atoms with Crippen LogP contribution in [-0.4, -0.2) is 31.9 Å². The van der Waals surface area contributed by atoms with Crippen LogP contribution in [0, 0.1) is 29.1 Å². The number of benzene rings is 1. The number of amidine groups is 1. The van der Waals surface area contributed by atoms with E-state index >= 15 is 0 Å². The lowest BCUT2D eigenvalue weighted by molar-refractivity contribution is -0.119. The summed E-state index contributed by atoms with van der Waals surface area (Å²) in [6.07, 6.45) is 10.7. The molecule has 6 heteroatoms. The number of aliphatic imine (C=N–C) groups is 1. The van der Waals surface area contributed by atoms with E-state index in [2.05, 4.69) is 32.2 Å². The maximum atomic E-state index is 12.4. The summed E-state index contributed by atoms with van der Waals surface area (Å²) in [5, 5.41) is 3.56. The number of hydrogen-bond donors (Lipinski definition) is 2. The summed E-state index contributed by atoms with van der Waals surface area (Å²) < 4.78 is 11.1. The Kier molecular flexibility index (Phi) is 8.64. The maximum absolute atomic E-state index is 12.4. The Hall–Kier alpha value is -2.08. The number of rotatable bonds is 11.